The van der Waals surface area contributed by atoms with Crippen LogP contribution >= 0.6 is 0 Å². The molecule has 1 aromatic rings. The molecule has 10 heteroatoms. The number of carbonyl (C=O) groups is 2. The van der Waals surface area contributed by atoms with E-state index in [-0.39, 0.29) is 22.8 Å². The molecule has 0 fully saturated rings. The van der Waals surface area contributed by atoms with Crippen molar-refractivity contribution in [1.29, 1.82) is 0 Å². The van der Waals surface area contributed by atoms with Gasteiger partial charge in [0.15, 0.2) is 0 Å². The van der Waals surface area contributed by atoms with Crippen LogP contribution in [0.4, 0.5) is 0 Å². The minimum Gasteiger partial charge on any atom is -0.480 e. The smallest absolute Gasteiger partial charge is 0.325 e. The monoisotopic (exact) mass is 318 g/mol. The van der Waals surface area contributed by atoms with Gasteiger partial charge in [-0.05, 0) is 20.8 Å². The summed E-state index contributed by atoms with van der Waals surface area (Å²) >= 11 is 0. The highest BCUT2D eigenvalue weighted by Crippen LogP contribution is 2.18. The molecule has 1 rings (SSSR count). The maximum Gasteiger partial charge on any atom is 0.325 e. The zero-order chi connectivity index (χ0) is 16.2. The molecule has 0 saturated heterocycles. The van der Waals surface area contributed by atoms with E-state index in [1.807, 2.05) is 0 Å². The van der Waals surface area contributed by atoms with Gasteiger partial charge in [0.05, 0.1) is 17.9 Å². The van der Waals surface area contributed by atoms with E-state index in [4.69, 9.17) is 5.11 Å². The Balaban J connectivity index is 3.01. The lowest BCUT2D eigenvalue weighted by Gasteiger charge is -2.07. The summed E-state index contributed by atoms with van der Waals surface area (Å²) in [5.41, 5.74) is 0.385. The standard InChI is InChI=1S/C11H18N4O5S/c1-4-12-9(16)5-13-21(19,20)11-7(2)14-15(8(11)3)6-10(17)18/h13H,4-6H2,1-3H3,(H,12,16)(H,17,18). The topological polar surface area (TPSA) is 130 Å². The molecular formula is C11H18N4O5S. The summed E-state index contributed by atoms with van der Waals surface area (Å²) in [7, 11) is -3.94. The SMILES string of the molecule is CCNC(=O)CNS(=O)(=O)c1c(C)nn(CC(=O)O)c1C. The molecule has 3 N–H and O–H groups in total. The van der Waals surface area contributed by atoms with E-state index in [0.717, 1.165) is 4.68 Å². The second-order valence-corrected chi connectivity index (χ2v) is 6.03. The highest BCUT2D eigenvalue weighted by Gasteiger charge is 2.25. The lowest BCUT2D eigenvalue weighted by molar-refractivity contribution is -0.138. The first kappa shape index (κ1) is 17.1. The molecule has 0 unspecified atom stereocenters. The van der Waals surface area contributed by atoms with Crippen molar-refractivity contribution in [3.05, 3.63) is 11.4 Å². The molecule has 1 aromatic heterocycles. The van der Waals surface area contributed by atoms with E-state index in [2.05, 4.69) is 15.1 Å². The minimum absolute atomic E-state index is 0.104. The van der Waals surface area contributed by atoms with Gasteiger partial charge in [-0.25, -0.2) is 13.1 Å². The molecule has 118 valence electrons. The van der Waals surface area contributed by atoms with Crippen LogP contribution in [0.2, 0.25) is 0 Å². The molecule has 0 spiro atoms. The second-order valence-electron chi connectivity index (χ2n) is 4.33. The van der Waals surface area contributed by atoms with E-state index in [0.29, 0.717) is 6.54 Å². The molecule has 0 saturated carbocycles. The van der Waals surface area contributed by atoms with Crippen molar-refractivity contribution in [2.24, 2.45) is 0 Å². The van der Waals surface area contributed by atoms with Gasteiger partial charge in [0.1, 0.15) is 11.4 Å². The number of rotatable bonds is 7. The Labute approximate surface area is 122 Å². The Hall–Kier alpha value is -1.94. The van der Waals surface area contributed by atoms with Gasteiger partial charge in [-0.15, -0.1) is 0 Å². The van der Waals surface area contributed by atoms with Crippen LogP contribution in [0.15, 0.2) is 4.90 Å². The van der Waals surface area contributed by atoms with Gasteiger partial charge in [-0.2, -0.15) is 5.10 Å². The normalized spacial score (nSPS) is 11.4. The van der Waals surface area contributed by atoms with Gasteiger partial charge in [0, 0.05) is 6.54 Å². The molecule has 1 amide bonds. The molecule has 1 heterocycles. The number of amides is 1. The van der Waals surface area contributed by atoms with Crippen molar-refractivity contribution in [2.45, 2.75) is 32.2 Å². The van der Waals surface area contributed by atoms with Crippen LogP contribution < -0.4 is 10.0 Å². The number of likely N-dealkylation sites (N-methyl/N-ethyl adjacent to an activating group) is 1. The molecule has 0 aromatic carbocycles. The predicted molar refractivity (Wildman–Crippen MR) is 73.2 cm³/mol. The summed E-state index contributed by atoms with van der Waals surface area (Å²) < 4.78 is 27.6. The van der Waals surface area contributed by atoms with Crippen LogP contribution in [0, 0.1) is 13.8 Å². The van der Waals surface area contributed by atoms with Crippen LogP contribution in [0.3, 0.4) is 0 Å². The van der Waals surface area contributed by atoms with Gasteiger partial charge >= 0.3 is 5.97 Å². The number of aliphatic carboxylic acids is 1. The average molecular weight is 318 g/mol. The third-order valence-electron chi connectivity index (χ3n) is 2.67. The summed E-state index contributed by atoms with van der Waals surface area (Å²) in [5.74, 6) is -1.57. The fraction of sp³-hybridized carbons (Fsp3) is 0.545. The Bertz CT molecular complexity index is 650. The number of carbonyl (C=O) groups excluding carboxylic acids is 1. The number of nitrogens with one attached hydrogen (secondary N) is 2. The van der Waals surface area contributed by atoms with Gasteiger partial charge in [0.25, 0.3) is 0 Å². The van der Waals surface area contributed by atoms with Crippen molar-refractivity contribution in [3.63, 3.8) is 0 Å². The first-order valence-corrected chi connectivity index (χ1v) is 7.69. The third-order valence-corrected chi connectivity index (χ3v) is 4.32. The van der Waals surface area contributed by atoms with Gasteiger partial charge in [-0.1, -0.05) is 0 Å². The summed E-state index contributed by atoms with van der Waals surface area (Å²) in [6, 6.07) is 0. The van der Waals surface area contributed by atoms with Crippen LogP contribution in [-0.4, -0.2) is 48.3 Å². The minimum atomic E-state index is -3.94. The third kappa shape index (κ3) is 4.26. The van der Waals surface area contributed by atoms with Crippen molar-refractivity contribution in [3.8, 4) is 0 Å². The van der Waals surface area contributed by atoms with E-state index in [9.17, 15) is 18.0 Å². The summed E-state index contributed by atoms with van der Waals surface area (Å²) in [6.45, 7) is 4.22. The summed E-state index contributed by atoms with van der Waals surface area (Å²) in [5, 5.41) is 15.1. The molecular weight excluding hydrogens is 300 g/mol. The van der Waals surface area contributed by atoms with E-state index >= 15 is 0 Å². The molecule has 0 bridgehead atoms. The van der Waals surface area contributed by atoms with E-state index in [1.54, 1.807) is 6.92 Å². The molecule has 0 aliphatic heterocycles. The van der Waals surface area contributed by atoms with Crippen LogP contribution in [0.25, 0.3) is 0 Å². The molecule has 0 atom stereocenters. The number of hydrogen-bond donors (Lipinski definition) is 3. The first-order valence-electron chi connectivity index (χ1n) is 6.21. The predicted octanol–water partition coefficient (Wildman–Crippen LogP) is -1.00. The zero-order valence-corrected chi connectivity index (χ0v) is 12.8. The number of nitrogens with zero attached hydrogens (tertiary/aromatic N) is 2. The number of carboxylic acid groups (broad SMARTS) is 1. The molecule has 0 aliphatic rings. The summed E-state index contributed by atoms with van der Waals surface area (Å²) in [4.78, 5) is 21.9. The van der Waals surface area contributed by atoms with Gasteiger partial charge in [-0.3, -0.25) is 14.3 Å². The average Bonchev–Trinajstić information content (AvgIpc) is 2.62. The first-order chi connectivity index (χ1) is 9.69. The van der Waals surface area contributed by atoms with Gasteiger partial charge in [0.2, 0.25) is 15.9 Å². The Kier molecular flexibility index (Phi) is 5.44. The fourth-order valence-corrected chi connectivity index (χ4v) is 3.23. The van der Waals surface area contributed by atoms with Crippen LogP contribution in [0.1, 0.15) is 18.3 Å². The molecule has 9 nitrogen and oxygen atoms in total. The zero-order valence-electron chi connectivity index (χ0n) is 12.0. The van der Waals surface area contributed by atoms with E-state index in [1.165, 1.54) is 13.8 Å². The highest BCUT2D eigenvalue weighted by atomic mass is 32.2. The van der Waals surface area contributed by atoms with Crippen LogP contribution in [0.5, 0.6) is 0 Å². The van der Waals surface area contributed by atoms with Crippen molar-refractivity contribution in [2.75, 3.05) is 13.1 Å². The lowest BCUT2D eigenvalue weighted by Crippen LogP contribution is -2.37. The van der Waals surface area contributed by atoms with Gasteiger partial charge < -0.3 is 10.4 Å². The Morgan fingerprint density at radius 3 is 2.48 bits per heavy atom. The fourth-order valence-electron chi connectivity index (χ4n) is 1.84. The number of aryl methyl sites for hydroxylation is 1. The number of aromatic nitrogens is 2. The quantitative estimate of drug-likeness (QED) is 0.591. The maximum atomic E-state index is 12.2. The van der Waals surface area contributed by atoms with Crippen molar-refractivity contribution in [1.82, 2.24) is 19.8 Å². The highest BCUT2D eigenvalue weighted by molar-refractivity contribution is 7.89. The Morgan fingerprint density at radius 2 is 1.95 bits per heavy atom. The summed E-state index contributed by atoms with van der Waals surface area (Å²) in [6.07, 6.45) is 0. The molecule has 0 aliphatic carbocycles. The molecule has 21 heavy (non-hydrogen) atoms. The maximum absolute atomic E-state index is 12.2. The van der Waals surface area contributed by atoms with Crippen LogP contribution in [-0.2, 0) is 26.2 Å². The largest absolute Gasteiger partial charge is 0.480 e. The van der Waals surface area contributed by atoms with Crippen molar-refractivity contribution < 1.29 is 23.1 Å². The second kappa shape index (κ2) is 6.68. The Morgan fingerprint density at radius 1 is 1.33 bits per heavy atom. The number of carboxylic acids is 1. The number of sulfonamides is 1. The van der Waals surface area contributed by atoms with Crippen molar-refractivity contribution >= 4 is 21.9 Å². The number of hydrogen-bond acceptors (Lipinski definition) is 5. The van der Waals surface area contributed by atoms with E-state index < -0.39 is 28.4 Å². The molecule has 0 radical (unpaired) electrons. The lowest BCUT2D eigenvalue weighted by atomic mass is 10.4.